The van der Waals surface area contributed by atoms with Gasteiger partial charge >= 0.3 is 0 Å². The second-order valence-electron chi connectivity index (χ2n) is 3.61. The van der Waals surface area contributed by atoms with Crippen molar-refractivity contribution in [2.45, 2.75) is 10.6 Å². The van der Waals surface area contributed by atoms with Gasteiger partial charge in [0.15, 0.2) is 0 Å². The monoisotopic (exact) mass is 306 g/mol. The van der Waals surface area contributed by atoms with Crippen LogP contribution >= 0.6 is 27.7 Å². The van der Waals surface area contributed by atoms with E-state index in [-0.39, 0.29) is 0 Å². The first kappa shape index (κ1) is 12.4. The summed E-state index contributed by atoms with van der Waals surface area (Å²) in [6, 6.07) is 15.9. The molecule has 2 aromatic rings. The average molecular weight is 307 g/mol. The highest BCUT2D eigenvalue weighted by Gasteiger charge is 1.98. The fraction of sp³-hybridized carbons (Fsp3) is 0.0714. The third kappa shape index (κ3) is 3.72. The fourth-order valence-electron chi connectivity index (χ4n) is 1.45. The molecule has 0 spiro atoms. The summed E-state index contributed by atoms with van der Waals surface area (Å²) in [5.41, 5.74) is 1.90. The number of halogens is 1. The summed E-state index contributed by atoms with van der Waals surface area (Å²) in [6.07, 6.45) is 0.883. The number of hydrogen-bond donors (Lipinski definition) is 0. The number of aldehydes is 1. The Morgan fingerprint density at radius 3 is 2.59 bits per heavy atom. The molecule has 3 heteroatoms. The molecule has 0 saturated heterocycles. The van der Waals surface area contributed by atoms with Crippen molar-refractivity contribution < 1.29 is 4.79 Å². The Morgan fingerprint density at radius 1 is 1.12 bits per heavy atom. The molecule has 86 valence electrons. The van der Waals surface area contributed by atoms with E-state index in [2.05, 4.69) is 28.1 Å². The first-order valence-electron chi connectivity index (χ1n) is 5.20. The molecule has 0 heterocycles. The van der Waals surface area contributed by atoms with Crippen molar-refractivity contribution in [1.82, 2.24) is 0 Å². The van der Waals surface area contributed by atoms with Crippen LogP contribution in [0.15, 0.2) is 57.9 Å². The predicted octanol–water partition coefficient (Wildman–Crippen LogP) is 4.55. The maximum atomic E-state index is 10.7. The Kier molecular flexibility index (Phi) is 4.40. The summed E-state index contributed by atoms with van der Waals surface area (Å²) >= 11 is 5.18. The minimum Gasteiger partial charge on any atom is -0.298 e. The van der Waals surface area contributed by atoms with Crippen LogP contribution in [0, 0.1) is 0 Å². The van der Waals surface area contributed by atoms with Gasteiger partial charge in [0.1, 0.15) is 6.29 Å². The Bertz CT molecular complexity index is 508. The molecular formula is C14H11BrOS. The topological polar surface area (TPSA) is 17.1 Å². The average Bonchev–Trinajstić information content (AvgIpc) is 2.38. The van der Waals surface area contributed by atoms with Crippen molar-refractivity contribution in [2.24, 2.45) is 0 Å². The van der Waals surface area contributed by atoms with Gasteiger partial charge in [0.2, 0.25) is 0 Å². The van der Waals surface area contributed by atoms with Gasteiger partial charge in [-0.05, 0) is 35.9 Å². The van der Waals surface area contributed by atoms with Gasteiger partial charge in [-0.1, -0.05) is 34.1 Å². The minimum atomic E-state index is 0.735. The number of carbonyl (C=O) groups excluding carboxylic acids is 1. The molecule has 0 saturated carbocycles. The highest BCUT2D eigenvalue weighted by Crippen LogP contribution is 2.24. The molecule has 0 N–H and O–H groups in total. The lowest BCUT2D eigenvalue weighted by Gasteiger charge is -2.03. The molecule has 0 unspecified atom stereocenters. The van der Waals surface area contributed by atoms with E-state index in [9.17, 15) is 4.79 Å². The molecule has 0 aromatic heterocycles. The Labute approximate surface area is 113 Å². The van der Waals surface area contributed by atoms with Gasteiger partial charge in [-0.3, -0.25) is 4.79 Å². The largest absolute Gasteiger partial charge is 0.298 e. The van der Waals surface area contributed by atoms with Gasteiger partial charge < -0.3 is 0 Å². The lowest BCUT2D eigenvalue weighted by molar-refractivity contribution is 0.112. The number of thioether (sulfide) groups is 1. The second kappa shape index (κ2) is 6.03. The fourth-order valence-corrected chi connectivity index (χ4v) is 2.56. The van der Waals surface area contributed by atoms with Gasteiger partial charge in [0.05, 0.1) is 0 Å². The first-order valence-corrected chi connectivity index (χ1v) is 6.98. The Balaban J connectivity index is 2.01. The summed E-state index contributed by atoms with van der Waals surface area (Å²) in [6.45, 7) is 0. The van der Waals surface area contributed by atoms with Crippen LogP contribution in [-0.4, -0.2) is 6.29 Å². The summed E-state index contributed by atoms with van der Waals surface area (Å²) < 4.78 is 1.09. The minimum absolute atomic E-state index is 0.735. The zero-order valence-corrected chi connectivity index (χ0v) is 11.5. The molecule has 0 aliphatic heterocycles. The Hall–Kier alpha value is -1.06. The van der Waals surface area contributed by atoms with Crippen LogP contribution in [-0.2, 0) is 5.75 Å². The number of hydrogen-bond acceptors (Lipinski definition) is 2. The third-order valence-corrected chi connectivity index (χ3v) is 3.92. The Morgan fingerprint density at radius 2 is 1.88 bits per heavy atom. The molecular weight excluding hydrogens is 296 g/mol. The van der Waals surface area contributed by atoms with Gasteiger partial charge in [0, 0.05) is 20.7 Å². The standard InChI is InChI=1S/C14H11BrOS/c15-13-4-6-14(7-5-13)17-10-12-3-1-2-11(8-12)9-16/h1-9H,10H2. The van der Waals surface area contributed by atoms with E-state index in [1.165, 1.54) is 10.5 Å². The van der Waals surface area contributed by atoms with Crippen LogP contribution in [0.3, 0.4) is 0 Å². The van der Waals surface area contributed by atoms with Crippen molar-refractivity contribution in [3.8, 4) is 0 Å². The van der Waals surface area contributed by atoms with Gasteiger partial charge in [-0.25, -0.2) is 0 Å². The smallest absolute Gasteiger partial charge is 0.150 e. The molecule has 0 aliphatic carbocycles. The quantitative estimate of drug-likeness (QED) is 0.609. The summed E-state index contributed by atoms with van der Waals surface area (Å²) in [7, 11) is 0. The molecule has 0 fully saturated rings. The van der Waals surface area contributed by atoms with Crippen LogP contribution in [0.5, 0.6) is 0 Å². The SMILES string of the molecule is O=Cc1cccc(CSc2ccc(Br)cc2)c1. The van der Waals surface area contributed by atoms with Crippen molar-refractivity contribution in [2.75, 3.05) is 0 Å². The highest BCUT2D eigenvalue weighted by atomic mass is 79.9. The number of benzene rings is 2. The van der Waals surface area contributed by atoms with E-state index in [4.69, 9.17) is 0 Å². The molecule has 0 radical (unpaired) electrons. The van der Waals surface area contributed by atoms with Crippen molar-refractivity contribution in [3.05, 3.63) is 64.1 Å². The maximum Gasteiger partial charge on any atom is 0.150 e. The molecule has 0 atom stereocenters. The van der Waals surface area contributed by atoms with Crippen molar-refractivity contribution in [1.29, 1.82) is 0 Å². The van der Waals surface area contributed by atoms with E-state index >= 15 is 0 Å². The van der Waals surface area contributed by atoms with Crippen molar-refractivity contribution in [3.63, 3.8) is 0 Å². The summed E-state index contributed by atoms with van der Waals surface area (Å²) in [4.78, 5) is 11.9. The summed E-state index contributed by atoms with van der Waals surface area (Å²) in [5, 5.41) is 0. The van der Waals surface area contributed by atoms with Gasteiger partial charge in [0.25, 0.3) is 0 Å². The molecule has 1 nitrogen and oxygen atoms in total. The number of rotatable bonds is 4. The van der Waals surface area contributed by atoms with Crippen LogP contribution in [0.1, 0.15) is 15.9 Å². The lowest BCUT2D eigenvalue weighted by Crippen LogP contribution is -1.84. The predicted molar refractivity (Wildman–Crippen MR) is 75.5 cm³/mol. The van der Waals surface area contributed by atoms with Crippen LogP contribution in [0.4, 0.5) is 0 Å². The highest BCUT2D eigenvalue weighted by molar-refractivity contribution is 9.10. The molecule has 2 aromatic carbocycles. The summed E-state index contributed by atoms with van der Waals surface area (Å²) in [5.74, 6) is 0.878. The van der Waals surface area contributed by atoms with E-state index in [1.54, 1.807) is 11.8 Å². The van der Waals surface area contributed by atoms with E-state index in [0.29, 0.717) is 0 Å². The second-order valence-corrected chi connectivity index (χ2v) is 5.57. The zero-order chi connectivity index (χ0) is 12.1. The normalized spacial score (nSPS) is 10.2. The van der Waals surface area contributed by atoms with Crippen LogP contribution in [0.25, 0.3) is 0 Å². The van der Waals surface area contributed by atoms with E-state index in [0.717, 1.165) is 22.1 Å². The lowest BCUT2D eigenvalue weighted by atomic mass is 10.2. The van der Waals surface area contributed by atoms with E-state index < -0.39 is 0 Å². The molecule has 0 bridgehead atoms. The first-order chi connectivity index (χ1) is 8.28. The molecule has 2 rings (SSSR count). The zero-order valence-electron chi connectivity index (χ0n) is 9.10. The molecule has 0 amide bonds. The number of carbonyl (C=O) groups is 1. The van der Waals surface area contributed by atoms with Crippen LogP contribution < -0.4 is 0 Å². The molecule has 0 aliphatic rings. The van der Waals surface area contributed by atoms with Gasteiger partial charge in [-0.15, -0.1) is 11.8 Å². The van der Waals surface area contributed by atoms with Crippen LogP contribution in [0.2, 0.25) is 0 Å². The maximum absolute atomic E-state index is 10.7. The third-order valence-electron chi connectivity index (χ3n) is 2.31. The van der Waals surface area contributed by atoms with Gasteiger partial charge in [-0.2, -0.15) is 0 Å². The van der Waals surface area contributed by atoms with E-state index in [1.807, 2.05) is 36.4 Å². The molecule has 17 heavy (non-hydrogen) atoms. The van der Waals surface area contributed by atoms with Crippen molar-refractivity contribution >= 4 is 34.0 Å².